The molecule has 0 fully saturated rings. The Morgan fingerprint density at radius 3 is 2.92 bits per heavy atom. The standard InChI is InChI=1S/C6H7N5S/c1-11-3-8-10-5(11)6-9-4(7)2-12-6/h2-3H,7H2,1H3. The molecule has 5 nitrogen and oxygen atoms in total. The predicted octanol–water partition coefficient (Wildman–Crippen LogP) is 0.521. The number of aryl methyl sites for hydroxylation is 1. The molecule has 0 aliphatic carbocycles. The van der Waals surface area contributed by atoms with Crippen LogP contribution in [-0.4, -0.2) is 19.7 Å². The lowest BCUT2D eigenvalue weighted by Crippen LogP contribution is -1.91. The molecule has 0 saturated heterocycles. The van der Waals surface area contributed by atoms with Gasteiger partial charge in [-0.2, -0.15) is 0 Å². The van der Waals surface area contributed by atoms with Crippen molar-refractivity contribution in [2.45, 2.75) is 0 Å². The van der Waals surface area contributed by atoms with Gasteiger partial charge in [0.2, 0.25) is 0 Å². The molecule has 0 atom stereocenters. The van der Waals surface area contributed by atoms with Crippen LogP contribution in [-0.2, 0) is 7.05 Å². The lowest BCUT2D eigenvalue weighted by atomic mass is 10.6. The monoisotopic (exact) mass is 181 g/mol. The Morgan fingerprint density at radius 2 is 2.42 bits per heavy atom. The Bertz CT molecular complexity index is 390. The summed E-state index contributed by atoms with van der Waals surface area (Å²) >= 11 is 1.46. The number of rotatable bonds is 1. The first-order valence-electron chi connectivity index (χ1n) is 3.33. The smallest absolute Gasteiger partial charge is 0.192 e. The fraction of sp³-hybridized carbons (Fsp3) is 0.167. The van der Waals surface area contributed by atoms with Gasteiger partial charge in [0.05, 0.1) is 0 Å². The second-order valence-electron chi connectivity index (χ2n) is 2.34. The van der Waals surface area contributed by atoms with Crippen LogP contribution in [0.2, 0.25) is 0 Å². The minimum atomic E-state index is 0.526. The van der Waals surface area contributed by atoms with Crippen molar-refractivity contribution < 1.29 is 0 Å². The summed E-state index contributed by atoms with van der Waals surface area (Å²) in [6.07, 6.45) is 1.63. The van der Waals surface area contributed by atoms with E-state index in [4.69, 9.17) is 5.73 Å². The number of hydrogen-bond donors (Lipinski definition) is 1. The molecule has 0 bridgehead atoms. The molecular formula is C6H7N5S. The third kappa shape index (κ3) is 1.06. The van der Waals surface area contributed by atoms with Crippen molar-refractivity contribution in [1.29, 1.82) is 0 Å². The van der Waals surface area contributed by atoms with Crippen LogP contribution in [0.4, 0.5) is 5.82 Å². The maximum atomic E-state index is 5.48. The minimum absolute atomic E-state index is 0.526. The van der Waals surface area contributed by atoms with E-state index in [0.29, 0.717) is 5.82 Å². The van der Waals surface area contributed by atoms with Gasteiger partial charge in [0.15, 0.2) is 10.8 Å². The second kappa shape index (κ2) is 2.56. The zero-order valence-electron chi connectivity index (χ0n) is 6.43. The van der Waals surface area contributed by atoms with E-state index in [1.165, 1.54) is 11.3 Å². The average molecular weight is 181 g/mol. The van der Waals surface area contributed by atoms with E-state index < -0.39 is 0 Å². The van der Waals surface area contributed by atoms with Crippen LogP contribution in [0, 0.1) is 0 Å². The van der Waals surface area contributed by atoms with Gasteiger partial charge in [-0.1, -0.05) is 0 Å². The van der Waals surface area contributed by atoms with Crippen molar-refractivity contribution in [2.24, 2.45) is 7.05 Å². The molecule has 2 aromatic heterocycles. The second-order valence-corrected chi connectivity index (χ2v) is 3.20. The number of nitrogen functional groups attached to an aromatic ring is 1. The molecule has 6 heteroatoms. The van der Waals surface area contributed by atoms with Gasteiger partial charge < -0.3 is 10.3 Å². The number of thiazole rings is 1. The molecule has 0 aliphatic heterocycles. The molecule has 2 N–H and O–H groups in total. The summed E-state index contributed by atoms with van der Waals surface area (Å²) in [4.78, 5) is 4.09. The molecule has 0 amide bonds. The van der Waals surface area contributed by atoms with Gasteiger partial charge in [-0.05, 0) is 0 Å². The Morgan fingerprint density at radius 1 is 1.58 bits per heavy atom. The summed E-state index contributed by atoms with van der Waals surface area (Å²) in [7, 11) is 1.87. The normalized spacial score (nSPS) is 10.4. The van der Waals surface area contributed by atoms with E-state index in [-0.39, 0.29) is 0 Å². The lowest BCUT2D eigenvalue weighted by Gasteiger charge is -1.92. The Balaban J connectivity index is 2.50. The first-order valence-corrected chi connectivity index (χ1v) is 4.20. The van der Waals surface area contributed by atoms with E-state index in [1.54, 1.807) is 16.3 Å². The highest BCUT2D eigenvalue weighted by molar-refractivity contribution is 7.13. The molecule has 0 unspecified atom stereocenters. The molecule has 0 radical (unpaired) electrons. The van der Waals surface area contributed by atoms with Gasteiger partial charge >= 0.3 is 0 Å². The molecule has 12 heavy (non-hydrogen) atoms. The Kier molecular flexibility index (Phi) is 1.54. The SMILES string of the molecule is Cn1cnnc1-c1nc(N)cs1. The van der Waals surface area contributed by atoms with Crippen LogP contribution >= 0.6 is 11.3 Å². The van der Waals surface area contributed by atoms with Crippen LogP contribution in [0.3, 0.4) is 0 Å². The van der Waals surface area contributed by atoms with E-state index in [9.17, 15) is 0 Å². The number of aromatic nitrogens is 4. The van der Waals surface area contributed by atoms with Crippen molar-refractivity contribution in [3.8, 4) is 10.8 Å². The third-order valence-electron chi connectivity index (χ3n) is 1.42. The zero-order valence-corrected chi connectivity index (χ0v) is 7.25. The molecule has 62 valence electrons. The summed E-state index contributed by atoms with van der Waals surface area (Å²) in [6.45, 7) is 0. The average Bonchev–Trinajstić information content (AvgIpc) is 2.58. The summed E-state index contributed by atoms with van der Waals surface area (Å²) in [5.74, 6) is 1.27. The van der Waals surface area contributed by atoms with Crippen LogP contribution in [0.15, 0.2) is 11.7 Å². The quantitative estimate of drug-likeness (QED) is 0.696. The van der Waals surface area contributed by atoms with Gasteiger partial charge in [0.25, 0.3) is 0 Å². The fourth-order valence-electron chi connectivity index (χ4n) is 0.866. The van der Waals surface area contributed by atoms with Crippen LogP contribution in [0.25, 0.3) is 10.8 Å². The molecule has 2 aromatic rings. The molecule has 0 aliphatic rings. The predicted molar refractivity (Wildman–Crippen MR) is 46.5 cm³/mol. The summed E-state index contributed by atoms with van der Waals surface area (Å²) in [5.41, 5.74) is 5.48. The Hall–Kier alpha value is -1.43. The summed E-state index contributed by atoms with van der Waals surface area (Å²) in [6, 6.07) is 0. The van der Waals surface area contributed by atoms with Crippen LogP contribution in [0.5, 0.6) is 0 Å². The van der Waals surface area contributed by atoms with E-state index in [2.05, 4.69) is 15.2 Å². The number of anilines is 1. The van der Waals surface area contributed by atoms with Crippen molar-refractivity contribution in [3.63, 3.8) is 0 Å². The third-order valence-corrected chi connectivity index (χ3v) is 2.28. The first kappa shape index (κ1) is 7.23. The maximum Gasteiger partial charge on any atom is 0.192 e. The van der Waals surface area contributed by atoms with Gasteiger partial charge in [-0.15, -0.1) is 21.5 Å². The molecular weight excluding hydrogens is 174 g/mol. The van der Waals surface area contributed by atoms with Crippen molar-refractivity contribution in [1.82, 2.24) is 19.7 Å². The molecule has 0 saturated carbocycles. The van der Waals surface area contributed by atoms with Gasteiger partial charge in [0, 0.05) is 12.4 Å². The topological polar surface area (TPSA) is 69.6 Å². The van der Waals surface area contributed by atoms with Crippen LogP contribution < -0.4 is 5.73 Å². The van der Waals surface area contributed by atoms with Gasteiger partial charge in [-0.3, -0.25) is 0 Å². The number of hydrogen-bond acceptors (Lipinski definition) is 5. The van der Waals surface area contributed by atoms with Crippen LogP contribution in [0.1, 0.15) is 0 Å². The highest BCUT2D eigenvalue weighted by Crippen LogP contribution is 2.21. The van der Waals surface area contributed by atoms with E-state index in [0.717, 1.165) is 10.8 Å². The Labute approximate surface area is 72.9 Å². The lowest BCUT2D eigenvalue weighted by molar-refractivity contribution is 0.918. The number of nitrogens with two attached hydrogens (primary N) is 1. The van der Waals surface area contributed by atoms with E-state index >= 15 is 0 Å². The zero-order chi connectivity index (χ0) is 8.55. The molecule has 0 aromatic carbocycles. The first-order chi connectivity index (χ1) is 5.77. The molecule has 2 rings (SSSR count). The largest absolute Gasteiger partial charge is 0.383 e. The van der Waals surface area contributed by atoms with Gasteiger partial charge in [-0.25, -0.2) is 4.98 Å². The highest BCUT2D eigenvalue weighted by atomic mass is 32.1. The van der Waals surface area contributed by atoms with Crippen molar-refractivity contribution >= 4 is 17.2 Å². The summed E-state index contributed by atoms with van der Waals surface area (Å²) in [5, 5.41) is 10.2. The van der Waals surface area contributed by atoms with Gasteiger partial charge in [0.1, 0.15) is 12.1 Å². The summed E-state index contributed by atoms with van der Waals surface area (Å²) < 4.78 is 1.80. The number of nitrogens with zero attached hydrogens (tertiary/aromatic N) is 4. The van der Waals surface area contributed by atoms with Crippen molar-refractivity contribution in [2.75, 3.05) is 5.73 Å². The highest BCUT2D eigenvalue weighted by Gasteiger charge is 2.07. The molecule has 0 spiro atoms. The van der Waals surface area contributed by atoms with E-state index in [1.807, 2.05) is 7.05 Å². The maximum absolute atomic E-state index is 5.48. The fourth-order valence-corrected chi connectivity index (χ4v) is 1.60. The molecule has 2 heterocycles. The van der Waals surface area contributed by atoms with Crippen molar-refractivity contribution in [3.05, 3.63) is 11.7 Å². The minimum Gasteiger partial charge on any atom is -0.383 e.